The fourth-order valence-electron chi connectivity index (χ4n) is 1.52. The first-order valence-electron chi connectivity index (χ1n) is 5.34. The molecule has 0 unspecified atom stereocenters. The molecular weight excluding hydrogens is 214 g/mol. The first kappa shape index (κ1) is 11.4. The Balaban J connectivity index is 2.26. The van der Waals surface area contributed by atoms with Gasteiger partial charge in [-0.05, 0) is 17.7 Å². The van der Waals surface area contributed by atoms with E-state index in [-0.39, 0.29) is 0 Å². The van der Waals surface area contributed by atoms with E-state index in [0.717, 1.165) is 11.1 Å². The first-order chi connectivity index (χ1) is 8.20. The van der Waals surface area contributed by atoms with E-state index < -0.39 is 0 Å². The Labute approximate surface area is 101 Å². The van der Waals surface area contributed by atoms with Gasteiger partial charge in [0.2, 0.25) is 0 Å². The standard InChI is InChI=1S/C13H15N3O/c1-16(2)12-6-4-10(5-7-12)11-8-14-13(17-3)15-9-11/h4-9H,1-3H3. The number of nitrogens with zero attached hydrogens (tertiary/aromatic N) is 3. The Morgan fingerprint density at radius 3 is 2.00 bits per heavy atom. The number of rotatable bonds is 3. The van der Waals surface area contributed by atoms with Crippen LogP contribution in [-0.4, -0.2) is 31.2 Å². The highest BCUT2D eigenvalue weighted by Gasteiger charge is 2.01. The maximum atomic E-state index is 4.93. The Hall–Kier alpha value is -2.10. The second kappa shape index (κ2) is 4.82. The third kappa shape index (κ3) is 2.53. The van der Waals surface area contributed by atoms with Crippen molar-refractivity contribution in [3.63, 3.8) is 0 Å². The van der Waals surface area contributed by atoms with Gasteiger partial charge in [0, 0.05) is 37.7 Å². The van der Waals surface area contributed by atoms with Crippen LogP contribution in [0.3, 0.4) is 0 Å². The SMILES string of the molecule is COc1ncc(-c2ccc(N(C)C)cc2)cn1. The number of hydrogen-bond acceptors (Lipinski definition) is 4. The third-order valence-corrected chi connectivity index (χ3v) is 2.53. The molecule has 4 heteroatoms. The Bertz CT molecular complexity index is 477. The zero-order valence-corrected chi connectivity index (χ0v) is 10.2. The van der Waals surface area contributed by atoms with Crippen molar-refractivity contribution in [3.05, 3.63) is 36.7 Å². The minimum Gasteiger partial charge on any atom is -0.467 e. The summed E-state index contributed by atoms with van der Waals surface area (Å²) in [6, 6.07) is 8.64. The molecule has 2 aromatic rings. The van der Waals surface area contributed by atoms with Gasteiger partial charge in [0.05, 0.1) is 7.11 Å². The predicted molar refractivity (Wildman–Crippen MR) is 68.3 cm³/mol. The van der Waals surface area contributed by atoms with Gasteiger partial charge in [-0.1, -0.05) is 12.1 Å². The van der Waals surface area contributed by atoms with E-state index in [0.29, 0.717) is 6.01 Å². The second-order valence-corrected chi connectivity index (χ2v) is 3.90. The predicted octanol–water partition coefficient (Wildman–Crippen LogP) is 2.22. The summed E-state index contributed by atoms with van der Waals surface area (Å²) < 4.78 is 4.93. The van der Waals surface area contributed by atoms with Crippen LogP contribution in [0.2, 0.25) is 0 Å². The Morgan fingerprint density at radius 1 is 0.941 bits per heavy atom. The van der Waals surface area contributed by atoms with E-state index in [4.69, 9.17) is 4.74 Å². The maximum Gasteiger partial charge on any atom is 0.316 e. The molecular formula is C13H15N3O. The number of ether oxygens (including phenoxy) is 1. The van der Waals surface area contributed by atoms with Crippen LogP contribution in [-0.2, 0) is 0 Å². The molecule has 0 saturated carbocycles. The molecule has 0 N–H and O–H groups in total. The van der Waals surface area contributed by atoms with Gasteiger partial charge < -0.3 is 9.64 Å². The number of methoxy groups -OCH3 is 1. The number of anilines is 1. The summed E-state index contributed by atoms with van der Waals surface area (Å²) >= 11 is 0. The summed E-state index contributed by atoms with van der Waals surface area (Å²) in [5.74, 6) is 0. The highest BCUT2D eigenvalue weighted by Crippen LogP contribution is 2.21. The fourth-order valence-corrected chi connectivity index (χ4v) is 1.52. The molecule has 0 amide bonds. The van der Waals surface area contributed by atoms with Crippen molar-refractivity contribution in [3.8, 4) is 17.1 Å². The van der Waals surface area contributed by atoms with Gasteiger partial charge in [0.25, 0.3) is 0 Å². The summed E-state index contributed by atoms with van der Waals surface area (Å²) in [5.41, 5.74) is 3.25. The average Bonchev–Trinajstić information content (AvgIpc) is 2.39. The smallest absolute Gasteiger partial charge is 0.316 e. The van der Waals surface area contributed by atoms with Gasteiger partial charge in [-0.3, -0.25) is 0 Å². The van der Waals surface area contributed by atoms with Gasteiger partial charge in [0.1, 0.15) is 0 Å². The van der Waals surface area contributed by atoms with Crippen molar-refractivity contribution in [1.82, 2.24) is 9.97 Å². The molecule has 1 aromatic heterocycles. The Kier molecular flexibility index (Phi) is 3.23. The lowest BCUT2D eigenvalue weighted by molar-refractivity contribution is 0.380. The van der Waals surface area contributed by atoms with Gasteiger partial charge in [-0.25, -0.2) is 9.97 Å². The van der Waals surface area contributed by atoms with E-state index in [9.17, 15) is 0 Å². The van der Waals surface area contributed by atoms with E-state index in [1.165, 1.54) is 5.69 Å². The molecule has 2 rings (SSSR count). The molecule has 0 saturated heterocycles. The zero-order chi connectivity index (χ0) is 12.3. The lowest BCUT2D eigenvalue weighted by Gasteiger charge is -2.12. The van der Waals surface area contributed by atoms with Crippen LogP contribution in [0.25, 0.3) is 11.1 Å². The molecule has 4 nitrogen and oxygen atoms in total. The van der Waals surface area contributed by atoms with Crippen LogP contribution in [0.5, 0.6) is 6.01 Å². The molecule has 0 spiro atoms. The minimum atomic E-state index is 0.388. The Morgan fingerprint density at radius 2 is 1.53 bits per heavy atom. The van der Waals surface area contributed by atoms with Crippen molar-refractivity contribution in [1.29, 1.82) is 0 Å². The van der Waals surface area contributed by atoms with E-state index in [1.807, 2.05) is 14.1 Å². The molecule has 1 aromatic carbocycles. The third-order valence-electron chi connectivity index (χ3n) is 2.53. The summed E-state index contributed by atoms with van der Waals surface area (Å²) in [6.07, 6.45) is 3.52. The van der Waals surface area contributed by atoms with E-state index in [1.54, 1.807) is 19.5 Å². The van der Waals surface area contributed by atoms with Gasteiger partial charge >= 0.3 is 6.01 Å². The van der Waals surface area contributed by atoms with Crippen LogP contribution < -0.4 is 9.64 Å². The van der Waals surface area contributed by atoms with Crippen LogP contribution in [0.4, 0.5) is 5.69 Å². The average molecular weight is 229 g/mol. The fraction of sp³-hybridized carbons (Fsp3) is 0.231. The zero-order valence-electron chi connectivity index (χ0n) is 10.2. The molecule has 0 bridgehead atoms. The molecule has 0 radical (unpaired) electrons. The molecule has 1 heterocycles. The largest absolute Gasteiger partial charge is 0.467 e. The molecule has 0 aliphatic rings. The lowest BCUT2D eigenvalue weighted by atomic mass is 10.1. The van der Waals surface area contributed by atoms with Crippen LogP contribution in [0, 0.1) is 0 Å². The molecule has 17 heavy (non-hydrogen) atoms. The van der Waals surface area contributed by atoms with Gasteiger partial charge in [-0.2, -0.15) is 0 Å². The summed E-state index contributed by atoms with van der Waals surface area (Å²) in [7, 11) is 5.60. The van der Waals surface area contributed by atoms with E-state index >= 15 is 0 Å². The van der Waals surface area contributed by atoms with Crippen LogP contribution >= 0.6 is 0 Å². The topological polar surface area (TPSA) is 38.2 Å². The van der Waals surface area contributed by atoms with Crippen molar-refractivity contribution in [2.24, 2.45) is 0 Å². The quantitative estimate of drug-likeness (QED) is 0.809. The monoisotopic (exact) mass is 229 g/mol. The highest BCUT2D eigenvalue weighted by atomic mass is 16.5. The normalized spacial score (nSPS) is 10.1. The van der Waals surface area contributed by atoms with Gasteiger partial charge in [-0.15, -0.1) is 0 Å². The molecule has 88 valence electrons. The van der Waals surface area contributed by atoms with E-state index in [2.05, 4.69) is 39.1 Å². The van der Waals surface area contributed by atoms with Crippen LogP contribution in [0.1, 0.15) is 0 Å². The number of benzene rings is 1. The molecule has 0 atom stereocenters. The summed E-state index contributed by atoms with van der Waals surface area (Å²) in [6.45, 7) is 0. The van der Waals surface area contributed by atoms with Crippen molar-refractivity contribution >= 4 is 5.69 Å². The van der Waals surface area contributed by atoms with Crippen molar-refractivity contribution in [2.75, 3.05) is 26.1 Å². The minimum absolute atomic E-state index is 0.388. The first-order valence-corrected chi connectivity index (χ1v) is 5.34. The summed E-state index contributed by atoms with van der Waals surface area (Å²) in [4.78, 5) is 10.2. The molecule has 0 aliphatic carbocycles. The lowest BCUT2D eigenvalue weighted by Crippen LogP contribution is -2.07. The highest BCUT2D eigenvalue weighted by molar-refractivity contribution is 5.64. The molecule has 0 aliphatic heterocycles. The second-order valence-electron chi connectivity index (χ2n) is 3.90. The molecule has 0 fully saturated rings. The summed E-state index contributed by atoms with van der Waals surface area (Å²) in [5, 5.41) is 0. The van der Waals surface area contributed by atoms with Gasteiger partial charge in [0.15, 0.2) is 0 Å². The maximum absolute atomic E-state index is 4.93. The van der Waals surface area contributed by atoms with Crippen LogP contribution in [0.15, 0.2) is 36.7 Å². The number of hydrogen-bond donors (Lipinski definition) is 0. The van der Waals surface area contributed by atoms with Crippen molar-refractivity contribution in [2.45, 2.75) is 0 Å². The number of aromatic nitrogens is 2. The van der Waals surface area contributed by atoms with Crippen molar-refractivity contribution < 1.29 is 4.74 Å².